The van der Waals surface area contributed by atoms with E-state index in [4.69, 9.17) is 5.14 Å². The fourth-order valence-corrected chi connectivity index (χ4v) is 3.84. The van der Waals surface area contributed by atoms with Gasteiger partial charge in [-0.1, -0.05) is 31.9 Å². The minimum atomic E-state index is -3.68. The van der Waals surface area contributed by atoms with Gasteiger partial charge in [0.05, 0.1) is 0 Å². The molecule has 8 heteroatoms. The van der Waals surface area contributed by atoms with E-state index in [0.717, 1.165) is 8.95 Å². The average molecular weight is 398 g/mol. The van der Waals surface area contributed by atoms with E-state index < -0.39 is 15.3 Å². The van der Waals surface area contributed by atoms with Crippen molar-refractivity contribution in [2.75, 3.05) is 11.4 Å². The Hall–Kier alpha value is -0.440. The number of hydrogen-bond acceptors (Lipinski definition) is 3. The molecule has 1 aromatic carbocycles. The number of halogens is 2. The van der Waals surface area contributed by atoms with Crippen molar-refractivity contribution in [1.82, 2.24) is 0 Å². The summed E-state index contributed by atoms with van der Waals surface area (Å²) in [7, 11) is -3.68. The number of carbonyl (C=O) groups is 1. The molecule has 1 amide bonds. The second kappa shape index (κ2) is 4.92. The van der Waals surface area contributed by atoms with Gasteiger partial charge in [-0.3, -0.25) is 4.79 Å². The van der Waals surface area contributed by atoms with Crippen molar-refractivity contribution in [2.24, 2.45) is 5.14 Å². The lowest BCUT2D eigenvalue weighted by Crippen LogP contribution is -2.32. The van der Waals surface area contributed by atoms with Crippen LogP contribution in [0, 0.1) is 0 Å². The summed E-state index contributed by atoms with van der Waals surface area (Å²) in [6.07, 6.45) is -0.0665. The lowest BCUT2D eigenvalue weighted by atomic mass is 10.3. The van der Waals surface area contributed by atoms with E-state index in [1.54, 1.807) is 12.1 Å². The molecule has 0 spiro atoms. The molecule has 0 aliphatic carbocycles. The third kappa shape index (κ3) is 2.93. The minimum absolute atomic E-state index is 0.0665. The van der Waals surface area contributed by atoms with Gasteiger partial charge in [0.1, 0.15) is 5.25 Å². The topological polar surface area (TPSA) is 80.5 Å². The molecular weight excluding hydrogens is 388 g/mol. The van der Waals surface area contributed by atoms with Crippen LogP contribution < -0.4 is 10.0 Å². The highest BCUT2D eigenvalue weighted by Crippen LogP contribution is 2.30. The monoisotopic (exact) mass is 396 g/mol. The Bertz CT molecular complexity index is 583. The summed E-state index contributed by atoms with van der Waals surface area (Å²) in [5.74, 6) is -0.237. The minimum Gasteiger partial charge on any atom is -0.311 e. The molecule has 0 aromatic heterocycles. The lowest BCUT2D eigenvalue weighted by molar-refractivity contribution is -0.117. The largest absolute Gasteiger partial charge is 0.311 e. The number of hydrogen-bond donors (Lipinski definition) is 1. The summed E-state index contributed by atoms with van der Waals surface area (Å²) in [5, 5.41) is 4.25. The van der Waals surface area contributed by atoms with Crippen LogP contribution in [-0.4, -0.2) is 26.1 Å². The van der Waals surface area contributed by atoms with Gasteiger partial charge in [-0.25, -0.2) is 13.6 Å². The molecule has 98 valence electrons. The van der Waals surface area contributed by atoms with Crippen molar-refractivity contribution in [3.63, 3.8) is 0 Å². The molecule has 2 rings (SSSR count). The van der Waals surface area contributed by atoms with Crippen molar-refractivity contribution in [3.8, 4) is 0 Å². The Labute approximate surface area is 122 Å². The van der Waals surface area contributed by atoms with E-state index in [9.17, 15) is 13.2 Å². The Morgan fingerprint density at radius 3 is 2.22 bits per heavy atom. The first-order chi connectivity index (χ1) is 8.27. The first-order valence-electron chi connectivity index (χ1n) is 5.05. The first-order valence-corrected chi connectivity index (χ1v) is 8.25. The Kier molecular flexibility index (Phi) is 3.82. The number of nitrogens with zero attached hydrogens (tertiary/aromatic N) is 1. The molecule has 0 saturated carbocycles. The second-order valence-electron chi connectivity index (χ2n) is 4.05. The van der Waals surface area contributed by atoms with Crippen LogP contribution in [-0.2, 0) is 14.8 Å². The molecule has 5 nitrogen and oxygen atoms in total. The SMILES string of the molecule is NS(=O)(=O)C1CC(=O)N(c2cc(Br)cc(Br)c2)C1. The van der Waals surface area contributed by atoms with E-state index >= 15 is 0 Å². The van der Waals surface area contributed by atoms with Crippen molar-refractivity contribution < 1.29 is 13.2 Å². The smallest absolute Gasteiger partial charge is 0.228 e. The normalized spacial score (nSPS) is 20.5. The summed E-state index contributed by atoms with van der Waals surface area (Å²) in [6.45, 7) is 0.0978. The average Bonchev–Trinajstić information content (AvgIpc) is 2.58. The molecule has 1 aliphatic rings. The van der Waals surface area contributed by atoms with Crippen LogP contribution in [0.1, 0.15) is 6.42 Å². The van der Waals surface area contributed by atoms with E-state index in [-0.39, 0.29) is 18.9 Å². The number of amides is 1. The van der Waals surface area contributed by atoms with Gasteiger partial charge in [-0.15, -0.1) is 0 Å². The zero-order valence-corrected chi connectivity index (χ0v) is 13.1. The quantitative estimate of drug-likeness (QED) is 0.822. The number of nitrogens with two attached hydrogens (primary N) is 1. The highest BCUT2D eigenvalue weighted by atomic mass is 79.9. The molecule has 18 heavy (non-hydrogen) atoms. The maximum Gasteiger partial charge on any atom is 0.228 e. The van der Waals surface area contributed by atoms with E-state index in [0.29, 0.717) is 5.69 Å². The van der Waals surface area contributed by atoms with Gasteiger partial charge >= 0.3 is 0 Å². The molecule has 1 aromatic rings. The van der Waals surface area contributed by atoms with Gasteiger partial charge in [0.2, 0.25) is 15.9 Å². The highest BCUT2D eigenvalue weighted by molar-refractivity contribution is 9.11. The van der Waals surface area contributed by atoms with Gasteiger partial charge in [0.15, 0.2) is 0 Å². The third-order valence-corrected chi connectivity index (χ3v) is 4.87. The first kappa shape index (κ1) is 14.0. The fraction of sp³-hybridized carbons (Fsp3) is 0.300. The number of primary sulfonamides is 1. The maximum absolute atomic E-state index is 11.8. The Balaban J connectivity index is 2.32. The van der Waals surface area contributed by atoms with Crippen LogP contribution in [0.4, 0.5) is 5.69 Å². The van der Waals surface area contributed by atoms with E-state index in [1.165, 1.54) is 4.90 Å². The summed E-state index contributed by atoms with van der Waals surface area (Å²) >= 11 is 6.65. The standard InChI is InChI=1S/C10H10Br2N2O3S/c11-6-1-7(12)3-8(2-6)14-5-9(4-10(14)15)18(13,16)17/h1-3,9H,4-5H2,(H2,13,16,17). The summed E-state index contributed by atoms with van der Waals surface area (Å²) in [6, 6.07) is 5.35. The molecule has 1 fully saturated rings. The third-order valence-electron chi connectivity index (χ3n) is 2.71. The van der Waals surface area contributed by atoms with Gasteiger partial charge < -0.3 is 4.90 Å². The summed E-state index contributed by atoms with van der Waals surface area (Å²) in [5.41, 5.74) is 0.646. The van der Waals surface area contributed by atoms with Crippen LogP contribution >= 0.6 is 31.9 Å². The molecule has 0 radical (unpaired) electrons. The number of benzene rings is 1. The lowest BCUT2D eigenvalue weighted by Gasteiger charge is -2.17. The maximum atomic E-state index is 11.8. The predicted molar refractivity (Wildman–Crippen MR) is 75.7 cm³/mol. The summed E-state index contributed by atoms with van der Waals surface area (Å²) in [4.78, 5) is 13.3. The molecule has 1 saturated heterocycles. The molecular formula is C10H10Br2N2O3S. The zero-order chi connectivity index (χ0) is 13.5. The molecule has 1 heterocycles. The van der Waals surface area contributed by atoms with Gasteiger partial charge in [-0.05, 0) is 18.2 Å². The van der Waals surface area contributed by atoms with Gasteiger partial charge in [0.25, 0.3) is 0 Å². The van der Waals surface area contributed by atoms with Crippen molar-refractivity contribution in [2.45, 2.75) is 11.7 Å². The van der Waals surface area contributed by atoms with E-state index in [1.807, 2.05) is 6.07 Å². The Morgan fingerprint density at radius 2 is 1.78 bits per heavy atom. The molecule has 1 unspecified atom stereocenters. The van der Waals surface area contributed by atoms with Crippen LogP contribution in [0.3, 0.4) is 0 Å². The van der Waals surface area contributed by atoms with Crippen LogP contribution in [0.15, 0.2) is 27.1 Å². The molecule has 1 atom stereocenters. The second-order valence-corrected chi connectivity index (χ2v) is 7.72. The van der Waals surface area contributed by atoms with Gasteiger partial charge in [-0.2, -0.15) is 0 Å². The highest BCUT2D eigenvalue weighted by Gasteiger charge is 2.37. The Morgan fingerprint density at radius 1 is 1.22 bits per heavy atom. The van der Waals surface area contributed by atoms with Crippen LogP contribution in [0.25, 0.3) is 0 Å². The zero-order valence-electron chi connectivity index (χ0n) is 9.14. The van der Waals surface area contributed by atoms with Gasteiger partial charge in [0, 0.05) is 27.6 Å². The number of anilines is 1. The summed E-state index contributed by atoms with van der Waals surface area (Å²) < 4.78 is 24.1. The van der Waals surface area contributed by atoms with Crippen molar-refractivity contribution in [3.05, 3.63) is 27.1 Å². The van der Waals surface area contributed by atoms with E-state index in [2.05, 4.69) is 31.9 Å². The van der Waals surface area contributed by atoms with Crippen molar-refractivity contribution in [1.29, 1.82) is 0 Å². The number of sulfonamides is 1. The number of rotatable bonds is 2. The predicted octanol–water partition coefficient (Wildman–Crippen LogP) is 1.61. The number of carbonyl (C=O) groups excluding carboxylic acids is 1. The molecule has 1 aliphatic heterocycles. The molecule has 2 N–H and O–H groups in total. The van der Waals surface area contributed by atoms with Crippen LogP contribution in [0.2, 0.25) is 0 Å². The van der Waals surface area contributed by atoms with Crippen molar-refractivity contribution >= 4 is 53.5 Å². The molecule has 0 bridgehead atoms. The van der Waals surface area contributed by atoms with Crippen LogP contribution in [0.5, 0.6) is 0 Å². The fourth-order valence-electron chi connectivity index (χ4n) is 1.84.